The number of aliphatic hydroxyl groups is 1. The number of fused-ring (bicyclic) bond motifs is 1. The molecule has 3 rings (SSSR count). The van der Waals surface area contributed by atoms with Gasteiger partial charge in [0.25, 0.3) is 0 Å². The van der Waals surface area contributed by atoms with Crippen molar-refractivity contribution in [1.82, 2.24) is 0 Å². The van der Waals surface area contributed by atoms with E-state index >= 15 is 0 Å². The van der Waals surface area contributed by atoms with Crippen LogP contribution in [0.3, 0.4) is 0 Å². The van der Waals surface area contributed by atoms with E-state index in [0.717, 1.165) is 12.1 Å². The number of benzene rings is 2. The summed E-state index contributed by atoms with van der Waals surface area (Å²) < 4.78 is 5.35. The molecule has 8 heteroatoms. The van der Waals surface area contributed by atoms with Crippen molar-refractivity contribution in [1.29, 1.82) is 0 Å². The van der Waals surface area contributed by atoms with Crippen LogP contribution < -0.4 is 5.43 Å². The Morgan fingerprint density at radius 2 is 1.62 bits per heavy atom. The molecule has 24 heavy (non-hydrogen) atoms. The average molecular weight is 332 g/mol. The summed E-state index contributed by atoms with van der Waals surface area (Å²) in [6.07, 6.45) is 0. The zero-order chi connectivity index (χ0) is 17.6. The lowest BCUT2D eigenvalue weighted by Crippen LogP contribution is -2.04. The molecule has 0 saturated carbocycles. The Labute approximate surface area is 133 Å². The first kappa shape index (κ1) is 15.5. The van der Waals surface area contributed by atoms with Crippen molar-refractivity contribution in [3.05, 3.63) is 40.1 Å². The van der Waals surface area contributed by atoms with Crippen LogP contribution in [0.4, 0.5) is 0 Å². The molecule has 0 bridgehead atoms. The Bertz CT molecular complexity index is 1020. The molecule has 0 fully saturated rings. The van der Waals surface area contributed by atoms with Gasteiger partial charge in [0.1, 0.15) is 34.0 Å². The van der Waals surface area contributed by atoms with E-state index in [9.17, 15) is 30.3 Å². The van der Waals surface area contributed by atoms with Gasteiger partial charge in [-0.3, -0.25) is 4.79 Å². The van der Waals surface area contributed by atoms with E-state index in [4.69, 9.17) is 9.52 Å². The van der Waals surface area contributed by atoms with Crippen molar-refractivity contribution < 1.29 is 35.1 Å². The maximum absolute atomic E-state index is 12.3. The second-order valence-electron chi connectivity index (χ2n) is 5.06. The van der Waals surface area contributed by atoms with Gasteiger partial charge in [-0.25, -0.2) is 0 Å². The number of hydrogen-bond donors (Lipinski definition) is 6. The predicted octanol–water partition coefficient (Wildman–Crippen LogP) is 1.48. The van der Waals surface area contributed by atoms with Crippen LogP contribution in [0.15, 0.2) is 33.5 Å². The standard InChI is InChI=1S/C16H12O8/c17-5-8-10(20)4-11-12(13(8)21)14(22)15(23)16(24-11)7-2-1-6(18)3-9(7)19/h1-4,17-21,23H,5H2. The van der Waals surface area contributed by atoms with Crippen LogP contribution in [0, 0.1) is 0 Å². The zero-order valence-corrected chi connectivity index (χ0v) is 12.0. The minimum Gasteiger partial charge on any atom is -0.508 e. The van der Waals surface area contributed by atoms with Crippen LogP contribution in [0.25, 0.3) is 22.3 Å². The maximum Gasteiger partial charge on any atom is 0.238 e. The average Bonchev–Trinajstić information content (AvgIpc) is 2.51. The van der Waals surface area contributed by atoms with Gasteiger partial charge in [0.2, 0.25) is 11.2 Å². The van der Waals surface area contributed by atoms with E-state index in [-0.39, 0.29) is 22.5 Å². The third-order valence-electron chi connectivity index (χ3n) is 3.60. The van der Waals surface area contributed by atoms with Gasteiger partial charge in [-0.05, 0) is 12.1 Å². The molecule has 8 nitrogen and oxygen atoms in total. The molecule has 0 spiro atoms. The minimum absolute atomic E-state index is 0.0745. The van der Waals surface area contributed by atoms with Crippen LogP contribution in [0.1, 0.15) is 5.56 Å². The van der Waals surface area contributed by atoms with Gasteiger partial charge in [0.15, 0.2) is 5.76 Å². The highest BCUT2D eigenvalue weighted by molar-refractivity contribution is 5.90. The second-order valence-corrected chi connectivity index (χ2v) is 5.06. The lowest BCUT2D eigenvalue weighted by atomic mass is 10.1. The van der Waals surface area contributed by atoms with Crippen LogP contribution in [-0.4, -0.2) is 30.6 Å². The lowest BCUT2D eigenvalue weighted by Gasteiger charge is -2.11. The fraction of sp³-hybridized carbons (Fsp3) is 0.0625. The molecule has 1 heterocycles. The summed E-state index contributed by atoms with van der Waals surface area (Å²) >= 11 is 0. The number of rotatable bonds is 2. The van der Waals surface area contributed by atoms with Crippen molar-refractivity contribution in [3.8, 4) is 40.1 Å². The molecule has 124 valence electrons. The Balaban J connectivity index is 2.41. The molecular weight excluding hydrogens is 320 g/mol. The number of phenolic OH excluding ortho intramolecular Hbond substituents is 2. The number of aliphatic hydroxyl groups excluding tert-OH is 1. The van der Waals surface area contributed by atoms with Crippen molar-refractivity contribution in [2.45, 2.75) is 6.61 Å². The number of phenols is 4. The molecular formula is C16H12O8. The monoisotopic (exact) mass is 332 g/mol. The highest BCUT2D eigenvalue weighted by atomic mass is 16.4. The Morgan fingerprint density at radius 3 is 2.25 bits per heavy atom. The van der Waals surface area contributed by atoms with E-state index in [2.05, 4.69) is 0 Å². The fourth-order valence-corrected chi connectivity index (χ4v) is 2.40. The molecule has 0 atom stereocenters. The molecule has 6 N–H and O–H groups in total. The summed E-state index contributed by atoms with van der Waals surface area (Å²) in [7, 11) is 0. The Hall–Kier alpha value is -3.39. The van der Waals surface area contributed by atoms with E-state index in [0.29, 0.717) is 0 Å². The van der Waals surface area contributed by atoms with Crippen LogP contribution in [0.5, 0.6) is 28.7 Å². The van der Waals surface area contributed by atoms with Gasteiger partial charge >= 0.3 is 0 Å². The van der Waals surface area contributed by atoms with Crippen molar-refractivity contribution >= 4 is 11.0 Å². The molecule has 0 amide bonds. The van der Waals surface area contributed by atoms with Gasteiger partial charge in [-0.15, -0.1) is 0 Å². The zero-order valence-electron chi connectivity index (χ0n) is 12.0. The van der Waals surface area contributed by atoms with Crippen molar-refractivity contribution in [2.24, 2.45) is 0 Å². The number of aromatic hydroxyl groups is 5. The SMILES string of the molecule is O=c1c(O)c(-c2ccc(O)cc2O)oc2cc(O)c(CO)c(O)c12. The van der Waals surface area contributed by atoms with Crippen LogP contribution in [-0.2, 0) is 6.61 Å². The molecule has 0 aliphatic carbocycles. The third-order valence-corrected chi connectivity index (χ3v) is 3.60. The number of hydrogen-bond acceptors (Lipinski definition) is 8. The molecule has 0 aliphatic rings. The fourth-order valence-electron chi connectivity index (χ4n) is 2.40. The second kappa shape index (κ2) is 5.36. The molecule has 1 aromatic heterocycles. The topological polar surface area (TPSA) is 152 Å². The van der Waals surface area contributed by atoms with E-state index in [1.807, 2.05) is 0 Å². The smallest absolute Gasteiger partial charge is 0.238 e. The highest BCUT2D eigenvalue weighted by Crippen LogP contribution is 2.41. The Kier molecular flexibility index (Phi) is 3.46. The minimum atomic E-state index is -1.01. The first-order chi connectivity index (χ1) is 11.3. The van der Waals surface area contributed by atoms with Crippen LogP contribution in [0.2, 0.25) is 0 Å². The van der Waals surface area contributed by atoms with Gasteiger partial charge in [0, 0.05) is 12.1 Å². The van der Waals surface area contributed by atoms with Gasteiger partial charge in [0.05, 0.1) is 17.7 Å². The summed E-state index contributed by atoms with van der Waals surface area (Å²) in [5.41, 5.74) is -1.62. The molecule has 2 aromatic carbocycles. The normalized spacial score (nSPS) is 11.0. The Morgan fingerprint density at radius 1 is 0.917 bits per heavy atom. The largest absolute Gasteiger partial charge is 0.508 e. The first-order valence-corrected chi connectivity index (χ1v) is 6.72. The van der Waals surface area contributed by atoms with Gasteiger partial charge < -0.3 is 35.1 Å². The highest BCUT2D eigenvalue weighted by Gasteiger charge is 2.23. The molecule has 0 aliphatic heterocycles. The van der Waals surface area contributed by atoms with E-state index < -0.39 is 46.2 Å². The maximum atomic E-state index is 12.3. The molecule has 0 unspecified atom stereocenters. The summed E-state index contributed by atoms with van der Waals surface area (Å²) in [4.78, 5) is 12.3. The van der Waals surface area contributed by atoms with Crippen molar-refractivity contribution in [2.75, 3.05) is 0 Å². The summed E-state index contributed by atoms with van der Waals surface area (Å²) in [6, 6.07) is 4.42. The van der Waals surface area contributed by atoms with Crippen LogP contribution >= 0.6 is 0 Å². The summed E-state index contributed by atoms with van der Waals surface area (Å²) in [5.74, 6) is -3.18. The third kappa shape index (κ3) is 2.17. The van der Waals surface area contributed by atoms with Crippen molar-refractivity contribution in [3.63, 3.8) is 0 Å². The summed E-state index contributed by atoms with van der Waals surface area (Å²) in [5, 5.41) is 57.8. The lowest BCUT2D eigenvalue weighted by molar-refractivity contribution is 0.269. The molecule has 0 saturated heterocycles. The van der Waals surface area contributed by atoms with Gasteiger partial charge in [-0.1, -0.05) is 0 Å². The predicted molar refractivity (Wildman–Crippen MR) is 82.2 cm³/mol. The molecule has 0 radical (unpaired) electrons. The first-order valence-electron chi connectivity index (χ1n) is 6.72. The summed E-state index contributed by atoms with van der Waals surface area (Å²) in [6.45, 7) is -0.728. The van der Waals surface area contributed by atoms with Gasteiger partial charge in [-0.2, -0.15) is 0 Å². The quantitative estimate of drug-likeness (QED) is 0.413. The molecule has 3 aromatic rings. The van der Waals surface area contributed by atoms with E-state index in [1.54, 1.807) is 0 Å². The van der Waals surface area contributed by atoms with E-state index in [1.165, 1.54) is 12.1 Å².